The van der Waals surface area contributed by atoms with Gasteiger partial charge in [-0.05, 0) is 48.1 Å². The van der Waals surface area contributed by atoms with Gasteiger partial charge in [-0.15, -0.1) is 0 Å². The van der Waals surface area contributed by atoms with Crippen LogP contribution in [-0.4, -0.2) is 14.7 Å². The summed E-state index contributed by atoms with van der Waals surface area (Å²) in [4.78, 5) is 17.2. The van der Waals surface area contributed by atoms with Crippen LogP contribution in [0.1, 0.15) is 31.0 Å². The molecule has 0 unspecified atom stereocenters. The van der Waals surface area contributed by atoms with Crippen LogP contribution in [0.15, 0.2) is 35.3 Å². The van der Waals surface area contributed by atoms with E-state index in [-0.39, 0.29) is 11.3 Å². The quantitative estimate of drug-likeness (QED) is 0.752. The average Bonchev–Trinajstić information content (AvgIpc) is 2.52. The molecule has 2 heterocycles. The zero-order chi connectivity index (χ0) is 17.6. The van der Waals surface area contributed by atoms with E-state index < -0.39 is 17.1 Å². The van der Waals surface area contributed by atoms with Gasteiger partial charge in [0.05, 0.1) is 10.4 Å². The van der Waals surface area contributed by atoms with Crippen molar-refractivity contribution in [2.24, 2.45) is 0 Å². The first kappa shape index (κ1) is 16.5. The summed E-state index contributed by atoms with van der Waals surface area (Å²) in [5, 5.41) is 10.7. The number of hydrogen-bond donors (Lipinski definition) is 1. The van der Waals surface area contributed by atoms with Gasteiger partial charge >= 0.3 is 0 Å². The van der Waals surface area contributed by atoms with Gasteiger partial charge in [0.15, 0.2) is 17.4 Å². The number of fused-ring (bicyclic) bond motifs is 1. The number of rotatable bonds is 2. The lowest BCUT2D eigenvalue weighted by Gasteiger charge is -2.15. The van der Waals surface area contributed by atoms with Crippen molar-refractivity contribution < 1.29 is 9.50 Å². The van der Waals surface area contributed by atoms with Gasteiger partial charge in [0.2, 0.25) is 0 Å². The molecule has 1 N–H and O–H groups in total. The van der Waals surface area contributed by atoms with Gasteiger partial charge in [-0.3, -0.25) is 9.36 Å². The second-order valence-corrected chi connectivity index (χ2v) is 6.43. The predicted molar refractivity (Wildman–Crippen MR) is 92.8 cm³/mol. The molecular weight excluding hydrogens is 331 g/mol. The van der Waals surface area contributed by atoms with Crippen molar-refractivity contribution in [3.05, 3.63) is 62.9 Å². The number of benzene rings is 1. The predicted octanol–water partition coefficient (Wildman–Crippen LogP) is 4.32. The summed E-state index contributed by atoms with van der Waals surface area (Å²) in [7, 11) is 0. The highest BCUT2D eigenvalue weighted by Crippen LogP contribution is 2.29. The van der Waals surface area contributed by atoms with E-state index in [1.807, 2.05) is 13.8 Å². The molecule has 0 aliphatic rings. The van der Waals surface area contributed by atoms with Crippen molar-refractivity contribution in [1.29, 1.82) is 0 Å². The Morgan fingerprint density at radius 1 is 1.25 bits per heavy atom. The van der Waals surface area contributed by atoms with Gasteiger partial charge in [0.1, 0.15) is 0 Å². The number of phenolic OH excluding ortho intramolecular Hbond substituents is 1. The Balaban J connectivity index is 2.46. The van der Waals surface area contributed by atoms with Crippen LogP contribution < -0.4 is 5.56 Å². The minimum atomic E-state index is -0.838. The number of aromatic hydroxyl groups is 1. The standard InChI is InChI=1S/C18H16ClFN2O2/c1-9(2)13-8-22(17-14(19)5-4-10(3)21-17)18(24)12-6-15(20)16(23)7-11(12)13/h4-9,23H,1-3H3. The van der Waals surface area contributed by atoms with E-state index in [1.54, 1.807) is 25.3 Å². The van der Waals surface area contributed by atoms with E-state index in [9.17, 15) is 14.3 Å². The summed E-state index contributed by atoms with van der Waals surface area (Å²) < 4.78 is 15.1. The van der Waals surface area contributed by atoms with E-state index in [0.717, 1.165) is 11.6 Å². The van der Waals surface area contributed by atoms with Crippen LogP contribution in [0.25, 0.3) is 16.6 Å². The van der Waals surface area contributed by atoms with E-state index in [0.29, 0.717) is 21.9 Å². The van der Waals surface area contributed by atoms with Crippen LogP contribution in [0, 0.1) is 12.7 Å². The normalized spacial score (nSPS) is 11.4. The van der Waals surface area contributed by atoms with Crippen molar-refractivity contribution in [2.75, 3.05) is 0 Å². The molecule has 0 saturated heterocycles. The third-order valence-corrected chi connectivity index (χ3v) is 4.23. The number of phenols is 1. The fourth-order valence-electron chi connectivity index (χ4n) is 2.69. The smallest absolute Gasteiger partial charge is 0.264 e. The zero-order valence-corrected chi connectivity index (χ0v) is 14.2. The highest BCUT2D eigenvalue weighted by Gasteiger charge is 2.17. The maximum absolute atomic E-state index is 13.8. The van der Waals surface area contributed by atoms with Crippen molar-refractivity contribution >= 4 is 22.4 Å². The minimum Gasteiger partial charge on any atom is -0.505 e. The minimum absolute atomic E-state index is 0.0489. The molecule has 0 fully saturated rings. The van der Waals surface area contributed by atoms with Crippen molar-refractivity contribution in [3.63, 3.8) is 0 Å². The molecule has 4 nitrogen and oxygen atoms in total. The Hall–Kier alpha value is -2.40. The summed E-state index contributed by atoms with van der Waals surface area (Å²) in [6.07, 6.45) is 1.65. The topological polar surface area (TPSA) is 55.1 Å². The summed E-state index contributed by atoms with van der Waals surface area (Å²) in [5.74, 6) is -0.963. The molecule has 0 aliphatic heterocycles. The van der Waals surface area contributed by atoms with Crippen LogP contribution in [0.5, 0.6) is 5.75 Å². The van der Waals surface area contributed by atoms with Crippen LogP contribution in [-0.2, 0) is 0 Å². The molecule has 0 spiro atoms. The number of hydrogen-bond acceptors (Lipinski definition) is 3. The molecule has 0 atom stereocenters. The molecule has 0 saturated carbocycles. The van der Waals surface area contributed by atoms with Gasteiger partial charge in [-0.1, -0.05) is 25.4 Å². The molecule has 2 aromatic heterocycles. The van der Waals surface area contributed by atoms with Gasteiger partial charge in [0, 0.05) is 11.9 Å². The Labute approximate surface area is 143 Å². The number of aromatic nitrogens is 2. The summed E-state index contributed by atoms with van der Waals surface area (Å²) in [6, 6.07) is 5.76. The van der Waals surface area contributed by atoms with Crippen LogP contribution >= 0.6 is 11.6 Å². The zero-order valence-electron chi connectivity index (χ0n) is 13.5. The second kappa shape index (κ2) is 5.91. The van der Waals surface area contributed by atoms with Crippen LogP contribution in [0.4, 0.5) is 4.39 Å². The van der Waals surface area contributed by atoms with E-state index >= 15 is 0 Å². The molecule has 0 radical (unpaired) electrons. The molecular formula is C18H16ClFN2O2. The Kier molecular flexibility index (Phi) is 4.05. The second-order valence-electron chi connectivity index (χ2n) is 6.02. The van der Waals surface area contributed by atoms with Crippen LogP contribution in [0.2, 0.25) is 5.02 Å². The molecule has 24 heavy (non-hydrogen) atoms. The molecule has 0 aliphatic carbocycles. The van der Waals surface area contributed by atoms with Crippen molar-refractivity contribution in [3.8, 4) is 11.6 Å². The fraction of sp³-hybridized carbons (Fsp3) is 0.222. The van der Waals surface area contributed by atoms with E-state index in [4.69, 9.17) is 11.6 Å². The molecule has 0 bridgehead atoms. The molecule has 6 heteroatoms. The van der Waals surface area contributed by atoms with Crippen molar-refractivity contribution in [1.82, 2.24) is 9.55 Å². The number of nitrogens with zero attached hydrogens (tertiary/aromatic N) is 2. The van der Waals surface area contributed by atoms with Gasteiger partial charge in [-0.2, -0.15) is 0 Å². The highest BCUT2D eigenvalue weighted by molar-refractivity contribution is 6.32. The molecule has 3 aromatic rings. The summed E-state index contributed by atoms with van der Waals surface area (Å²) >= 11 is 6.21. The number of pyridine rings is 2. The molecule has 124 valence electrons. The monoisotopic (exact) mass is 346 g/mol. The lowest BCUT2D eigenvalue weighted by atomic mass is 9.98. The van der Waals surface area contributed by atoms with Gasteiger partial charge < -0.3 is 5.11 Å². The van der Waals surface area contributed by atoms with Crippen molar-refractivity contribution in [2.45, 2.75) is 26.7 Å². The Bertz CT molecular complexity index is 1010. The first-order valence-electron chi connectivity index (χ1n) is 7.51. The summed E-state index contributed by atoms with van der Waals surface area (Å²) in [5.41, 5.74) is 1.07. The maximum Gasteiger partial charge on any atom is 0.264 e. The SMILES string of the molecule is Cc1ccc(Cl)c(-n2cc(C(C)C)c3cc(O)c(F)cc3c2=O)n1. The fourth-order valence-corrected chi connectivity index (χ4v) is 2.88. The third-order valence-electron chi connectivity index (χ3n) is 3.93. The molecule has 1 aromatic carbocycles. The van der Waals surface area contributed by atoms with Crippen LogP contribution in [0.3, 0.4) is 0 Å². The Morgan fingerprint density at radius 3 is 2.62 bits per heavy atom. The van der Waals surface area contributed by atoms with E-state index in [2.05, 4.69) is 4.98 Å². The first-order valence-corrected chi connectivity index (χ1v) is 7.88. The largest absolute Gasteiger partial charge is 0.505 e. The van der Waals surface area contributed by atoms with Gasteiger partial charge in [-0.25, -0.2) is 9.37 Å². The highest BCUT2D eigenvalue weighted by atomic mass is 35.5. The Morgan fingerprint density at radius 2 is 1.96 bits per heavy atom. The number of halogens is 2. The van der Waals surface area contributed by atoms with E-state index in [1.165, 1.54) is 10.6 Å². The van der Waals surface area contributed by atoms with Gasteiger partial charge in [0.25, 0.3) is 5.56 Å². The molecule has 0 amide bonds. The maximum atomic E-state index is 13.8. The lowest BCUT2D eigenvalue weighted by molar-refractivity contribution is 0.433. The first-order chi connectivity index (χ1) is 11.3. The third kappa shape index (κ3) is 2.65. The lowest BCUT2D eigenvalue weighted by Crippen LogP contribution is -2.21. The molecule has 3 rings (SSSR count). The summed E-state index contributed by atoms with van der Waals surface area (Å²) in [6.45, 7) is 5.71. The average molecular weight is 347 g/mol. The number of aryl methyl sites for hydroxylation is 1.